The Labute approximate surface area is 163 Å². The molecule has 0 spiro atoms. The van der Waals surface area contributed by atoms with Crippen molar-refractivity contribution in [2.45, 2.75) is 77.0 Å². The van der Waals surface area contributed by atoms with E-state index in [1.807, 2.05) is 18.2 Å². The van der Waals surface area contributed by atoms with E-state index < -0.39 is 0 Å². The normalized spacial score (nSPS) is 22.6. The van der Waals surface area contributed by atoms with Gasteiger partial charge < -0.3 is 10.8 Å². The van der Waals surface area contributed by atoms with E-state index in [-0.39, 0.29) is 5.75 Å². The van der Waals surface area contributed by atoms with Gasteiger partial charge in [-0.25, -0.2) is 0 Å². The largest absolute Gasteiger partial charge is 0.507 e. The minimum atomic E-state index is 0.232. The molecule has 3 N–H and O–H groups in total. The highest BCUT2D eigenvalue weighted by atomic mass is 16.3. The molecule has 1 fully saturated rings. The van der Waals surface area contributed by atoms with Crippen molar-refractivity contribution >= 4 is 5.82 Å². The maximum Gasteiger partial charge on any atom is 0.149 e. The topological polar surface area (TPSA) is 72.0 Å². The number of para-hydroxylation sites is 1. The van der Waals surface area contributed by atoms with Gasteiger partial charge in [0.05, 0.1) is 5.69 Å². The van der Waals surface area contributed by atoms with Crippen molar-refractivity contribution in [2.75, 3.05) is 5.73 Å². The molecule has 1 heterocycles. The number of nitrogens with zero attached hydrogens (tertiary/aromatic N) is 2. The summed E-state index contributed by atoms with van der Waals surface area (Å²) in [5.41, 5.74) is 8.76. The second kappa shape index (κ2) is 9.72. The quantitative estimate of drug-likeness (QED) is 0.676. The van der Waals surface area contributed by atoms with E-state index in [4.69, 9.17) is 5.73 Å². The van der Waals surface area contributed by atoms with Crippen molar-refractivity contribution in [1.29, 1.82) is 0 Å². The molecule has 4 heteroatoms. The van der Waals surface area contributed by atoms with Crippen LogP contribution < -0.4 is 5.73 Å². The average Bonchev–Trinajstić information content (AvgIpc) is 2.66. The van der Waals surface area contributed by atoms with Crippen LogP contribution in [0.1, 0.15) is 82.6 Å². The fourth-order valence-corrected chi connectivity index (χ4v) is 4.28. The number of hydrogen-bond donors (Lipinski definition) is 2. The number of rotatable bonds is 2. The Morgan fingerprint density at radius 3 is 2.26 bits per heavy atom. The van der Waals surface area contributed by atoms with Gasteiger partial charge in [-0.2, -0.15) is 0 Å². The summed E-state index contributed by atoms with van der Waals surface area (Å²) in [7, 11) is 0. The van der Waals surface area contributed by atoms with Crippen LogP contribution in [-0.4, -0.2) is 15.3 Å². The molecule has 4 nitrogen and oxygen atoms in total. The molecule has 0 aliphatic heterocycles. The SMILES string of the molecule is CC1CCCCCCC(c2cc(-c3ccccc3O)nnc2N)CCCC1. The number of nitrogens with two attached hydrogens (primary N) is 1. The summed E-state index contributed by atoms with van der Waals surface area (Å²) in [6, 6.07) is 9.34. The maximum absolute atomic E-state index is 10.2. The zero-order valence-electron chi connectivity index (χ0n) is 16.5. The third-order valence-electron chi connectivity index (χ3n) is 5.97. The molecular formula is C23H33N3O. The van der Waals surface area contributed by atoms with Crippen molar-refractivity contribution in [1.82, 2.24) is 10.2 Å². The molecule has 2 unspecified atom stereocenters. The van der Waals surface area contributed by atoms with Crippen LogP contribution in [0, 0.1) is 5.92 Å². The van der Waals surface area contributed by atoms with Crippen LogP contribution in [0.2, 0.25) is 0 Å². The predicted octanol–water partition coefficient (Wildman–Crippen LogP) is 6.07. The van der Waals surface area contributed by atoms with Gasteiger partial charge in [0.1, 0.15) is 11.6 Å². The van der Waals surface area contributed by atoms with E-state index in [9.17, 15) is 5.11 Å². The standard InChI is InChI=1S/C23H33N3O/c1-17-10-4-2-3-5-12-18(13-7-6-11-17)20-16-21(25-26-23(20)24)19-14-8-9-15-22(19)27/h8-9,14-18,27H,2-7,10-13H2,1H3,(H2,24,26). The second-order valence-corrected chi connectivity index (χ2v) is 8.17. The first-order chi connectivity index (χ1) is 13.1. The molecule has 1 aromatic carbocycles. The Morgan fingerprint density at radius 2 is 1.52 bits per heavy atom. The molecule has 27 heavy (non-hydrogen) atoms. The van der Waals surface area contributed by atoms with E-state index in [0.29, 0.717) is 23.0 Å². The molecule has 0 amide bonds. The monoisotopic (exact) mass is 367 g/mol. The molecule has 1 aliphatic carbocycles. The van der Waals surface area contributed by atoms with Crippen LogP contribution in [0.4, 0.5) is 5.82 Å². The Kier molecular flexibility index (Phi) is 7.08. The minimum Gasteiger partial charge on any atom is -0.507 e. The van der Waals surface area contributed by atoms with Crippen LogP contribution in [0.25, 0.3) is 11.3 Å². The molecule has 1 aromatic heterocycles. The number of phenolic OH excluding ortho intramolecular Hbond substituents is 1. The zero-order chi connectivity index (χ0) is 19.1. The lowest BCUT2D eigenvalue weighted by molar-refractivity contribution is 0.406. The molecule has 0 saturated heterocycles. The van der Waals surface area contributed by atoms with Crippen LogP contribution in [0.5, 0.6) is 5.75 Å². The minimum absolute atomic E-state index is 0.232. The van der Waals surface area contributed by atoms with E-state index >= 15 is 0 Å². The molecule has 0 radical (unpaired) electrons. The molecular weight excluding hydrogens is 334 g/mol. The number of aromatic nitrogens is 2. The van der Waals surface area contributed by atoms with Crippen LogP contribution >= 0.6 is 0 Å². The van der Waals surface area contributed by atoms with Crippen molar-refractivity contribution in [3.8, 4) is 17.0 Å². The van der Waals surface area contributed by atoms with Gasteiger partial charge in [0.25, 0.3) is 0 Å². The summed E-state index contributed by atoms with van der Waals surface area (Å²) in [4.78, 5) is 0. The molecule has 146 valence electrons. The van der Waals surface area contributed by atoms with Crippen LogP contribution in [0.15, 0.2) is 30.3 Å². The molecule has 0 bridgehead atoms. The third-order valence-corrected chi connectivity index (χ3v) is 5.97. The second-order valence-electron chi connectivity index (χ2n) is 8.17. The highest BCUT2D eigenvalue weighted by molar-refractivity contribution is 5.67. The van der Waals surface area contributed by atoms with Gasteiger partial charge in [-0.15, -0.1) is 10.2 Å². The van der Waals surface area contributed by atoms with Gasteiger partial charge in [-0.05, 0) is 42.9 Å². The predicted molar refractivity (Wildman–Crippen MR) is 112 cm³/mol. The first-order valence-corrected chi connectivity index (χ1v) is 10.6. The smallest absolute Gasteiger partial charge is 0.149 e. The average molecular weight is 368 g/mol. The molecule has 1 aliphatic rings. The van der Waals surface area contributed by atoms with E-state index in [1.54, 1.807) is 6.07 Å². The van der Waals surface area contributed by atoms with Crippen molar-refractivity contribution in [3.63, 3.8) is 0 Å². The van der Waals surface area contributed by atoms with Crippen molar-refractivity contribution in [2.24, 2.45) is 5.92 Å². The van der Waals surface area contributed by atoms with Gasteiger partial charge in [0.2, 0.25) is 0 Å². The number of anilines is 1. The first kappa shape index (κ1) is 19.7. The number of aromatic hydroxyl groups is 1. The van der Waals surface area contributed by atoms with Crippen molar-refractivity contribution in [3.05, 3.63) is 35.9 Å². The lowest BCUT2D eigenvalue weighted by Crippen LogP contribution is -2.08. The highest BCUT2D eigenvalue weighted by Crippen LogP contribution is 2.35. The van der Waals surface area contributed by atoms with Gasteiger partial charge in [0.15, 0.2) is 0 Å². The fourth-order valence-electron chi connectivity index (χ4n) is 4.28. The number of benzene rings is 1. The fraction of sp³-hybridized carbons (Fsp3) is 0.565. The summed E-state index contributed by atoms with van der Waals surface area (Å²) in [5.74, 6) is 2.05. The Morgan fingerprint density at radius 1 is 0.889 bits per heavy atom. The molecule has 2 aromatic rings. The number of phenols is 1. The third kappa shape index (κ3) is 5.44. The summed E-state index contributed by atoms with van der Waals surface area (Å²) in [6.45, 7) is 2.40. The first-order valence-electron chi connectivity index (χ1n) is 10.6. The van der Waals surface area contributed by atoms with Crippen LogP contribution in [-0.2, 0) is 0 Å². The van der Waals surface area contributed by atoms with Gasteiger partial charge >= 0.3 is 0 Å². The van der Waals surface area contributed by atoms with Gasteiger partial charge in [-0.1, -0.05) is 70.4 Å². The van der Waals surface area contributed by atoms with Crippen molar-refractivity contribution < 1.29 is 5.11 Å². The summed E-state index contributed by atoms with van der Waals surface area (Å²) in [6.07, 6.45) is 12.8. The number of hydrogen-bond acceptors (Lipinski definition) is 4. The Hall–Kier alpha value is -2.10. The highest BCUT2D eigenvalue weighted by Gasteiger charge is 2.18. The zero-order valence-corrected chi connectivity index (χ0v) is 16.5. The molecule has 2 atom stereocenters. The Bertz CT molecular complexity index is 731. The molecule has 3 rings (SSSR count). The summed E-state index contributed by atoms with van der Waals surface area (Å²) < 4.78 is 0. The van der Waals surface area contributed by atoms with E-state index in [0.717, 1.165) is 24.3 Å². The Balaban J connectivity index is 1.81. The lowest BCUT2D eigenvalue weighted by Gasteiger charge is -2.21. The maximum atomic E-state index is 10.2. The number of nitrogen functional groups attached to an aromatic ring is 1. The summed E-state index contributed by atoms with van der Waals surface area (Å²) >= 11 is 0. The molecule has 1 saturated carbocycles. The lowest BCUT2D eigenvalue weighted by atomic mass is 9.86. The van der Waals surface area contributed by atoms with Gasteiger partial charge in [0, 0.05) is 11.1 Å². The van der Waals surface area contributed by atoms with Gasteiger partial charge in [-0.3, -0.25) is 0 Å². The summed E-state index contributed by atoms with van der Waals surface area (Å²) in [5, 5.41) is 18.6. The van der Waals surface area contributed by atoms with E-state index in [1.165, 1.54) is 51.4 Å². The van der Waals surface area contributed by atoms with E-state index in [2.05, 4.69) is 23.2 Å². The van der Waals surface area contributed by atoms with Crippen LogP contribution in [0.3, 0.4) is 0 Å².